The van der Waals surface area contributed by atoms with Crippen LogP contribution in [0.15, 0.2) is 18.3 Å². The lowest BCUT2D eigenvalue weighted by molar-refractivity contribution is -0.388. The predicted molar refractivity (Wildman–Crippen MR) is 92.5 cm³/mol. The molecule has 1 aliphatic carbocycles. The molecule has 1 saturated heterocycles. The average Bonchev–Trinajstić information content (AvgIpc) is 2.75. The average molecular weight is 348 g/mol. The SMILES string of the molecule is CC(C)(C)OC(=O)N[C@@H]1C2CC[C@H]1CN(c1cccnc1[N+](=O)[O-])C2. The summed E-state index contributed by atoms with van der Waals surface area (Å²) in [7, 11) is 0. The van der Waals surface area contributed by atoms with E-state index in [2.05, 4.69) is 10.3 Å². The molecular weight excluding hydrogens is 324 g/mol. The van der Waals surface area contributed by atoms with Gasteiger partial charge in [-0.3, -0.25) is 0 Å². The molecular formula is C17H24N4O4. The number of hydrogen-bond acceptors (Lipinski definition) is 6. The van der Waals surface area contributed by atoms with Crippen molar-refractivity contribution in [1.82, 2.24) is 10.3 Å². The third kappa shape index (κ3) is 3.83. The minimum Gasteiger partial charge on any atom is -0.444 e. The molecule has 2 heterocycles. The van der Waals surface area contributed by atoms with Crippen molar-refractivity contribution >= 4 is 17.6 Å². The molecule has 3 atom stereocenters. The fourth-order valence-electron chi connectivity index (χ4n) is 3.87. The molecule has 1 aliphatic heterocycles. The smallest absolute Gasteiger partial charge is 0.407 e. The molecule has 3 rings (SSSR count). The van der Waals surface area contributed by atoms with Crippen molar-refractivity contribution in [2.24, 2.45) is 11.8 Å². The number of pyridine rings is 1. The molecule has 2 aliphatic rings. The molecule has 1 N–H and O–H groups in total. The summed E-state index contributed by atoms with van der Waals surface area (Å²) in [4.78, 5) is 28.8. The van der Waals surface area contributed by atoms with Crippen molar-refractivity contribution in [2.45, 2.75) is 45.3 Å². The van der Waals surface area contributed by atoms with E-state index in [-0.39, 0.29) is 23.7 Å². The van der Waals surface area contributed by atoms with Gasteiger partial charge in [0, 0.05) is 19.1 Å². The van der Waals surface area contributed by atoms with Crippen LogP contribution in [0.25, 0.3) is 0 Å². The third-order valence-corrected chi connectivity index (χ3v) is 4.80. The zero-order valence-electron chi connectivity index (χ0n) is 14.8. The number of alkyl carbamates (subject to hydrolysis) is 1. The van der Waals surface area contributed by atoms with Gasteiger partial charge in [-0.1, -0.05) is 0 Å². The van der Waals surface area contributed by atoms with Gasteiger partial charge in [0.25, 0.3) is 0 Å². The Morgan fingerprint density at radius 1 is 1.36 bits per heavy atom. The van der Waals surface area contributed by atoms with Gasteiger partial charge in [-0.15, -0.1) is 0 Å². The maximum absolute atomic E-state index is 12.1. The van der Waals surface area contributed by atoms with Crippen molar-refractivity contribution in [2.75, 3.05) is 18.0 Å². The molecule has 2 fully saturated rings. The van der Waals surface area contributed by atoms with E-state index >= 15 is 0 Å². The standard InChI is InChI=1S/C17H24N4O4/c1-17(2,3)25-16(22)19-14-11-6-7-12(14)10-20(9-11)13-5-4-8-18-15(13)21(23)24/h4-5,8,11-12,14H,6-7,9-10H2,1-3H3,(H,19,22)/t11-,12?,14-/m0/s1. The first-order valence-electron chi connectivity index (χ1n) is 8.58. The van der Waals surface area contributed by atoms with E-state index in [1.54, 1.807) is 12.1 Å². The van der Waals surface area contributed by atoms with Crippen LogP contribution in [0.5, 0.6) is 0 Å². The van der Waals surface area contributed by atoms with Gasteiger partial charge < -0.3 is 25.1 Å². The van der Waals surface area contributed by atoms with Gasteiger partial charge in [0.15, 0.2) is 0 Å². The Kier molecular flexibility index (Phi) is 4.53. The number of carbonyl (C=O) groups is 1. The number of hydrogen-bond donors (Lipinski definition) is 1. The Morgan fingerprint density at radius 2 is 2.00 bits per heavy atom. The summed E-state index contributed by atoms with van der Waals surface area (Å²) in [6, 6.07) is 3.52. The zero-order chi connectivity index (χ0) is 18.2. The maximum atomic E-state index is 12.1. The van der Waals surface area contributed by atoms with E-state index in [1.807, 2.05) is 25.7 Å². The summed E-state index contributed by atoms with van der Waals surface area (Å²) >= 11 is 0. The fourth-order valence-corrected chi connectivity index (χ4v) is 3.87. The van der Waals surface area contributed by atoms with Crippen LogP contribution in [0.2, 0.25) is 0 Å². The maximum Gasteiger partial charge on any atom is 0.407 e. The predicted octanol–water partition coefficient (Wildman–Crippen LogP) is 2.73. The number of rotatable bonds is 3. The summed E-state index contributed by atoms with van der Waals surface area (Å²) in [5.74, 6) is 0.401. The minimum absolute atomic E-state index is 0.0572. The van der Waals surface area contributed by atoms with Crippen LogP contribution >= 0.6 is 0 Å². The first kappa shape index (κ1) is 17.4. The lowest BCUT2D eigenvalue weighted by atomic mass is 9.92. The van der Waals surface area contributed by atoms with Crippen molar-refractivity contribution in [3.05, 3.63) is 28.4 Å². The van der Waals surface area contributed by atoms with Crippen molar-refractivity contribution in [3.8, 4) is 0 Å². The summed E-state index contributed by atoms with van der Waals surface area (Å²) < 4.78 is 5.36. The normalized spacial score (nSPS) is 25.6. The van der Waals surface area contributed by atoms with Crippen LogP contribution in [0.4, 0.5) is 16.3 Å². The molecule has 8 nitrogen and oxygen atoms in total. The highest BCUT2D eigenvalue weighted by atomic mass is 16.6. The number of aromatic nitrogens is 1. The van der Waals surface area contributed by atoms with Gasteiger partial charge in [0.1, 0.15) is 17.5 Å². The molecule has 1 unspecified atom stereocenters. The Balaban J connectivity index is 1.71. The Bertz CT molecular complexity index is 659. The highest BCUT2D eigenvalue weighted by Gasteiger charge is 2.44. The minimum atomic E-state index is -0.528. The van der Waals surface area contributed by atoms with E-state index in [4.69, 9.17) is 4.74 Å². The number of fused-ring (bicyclic) bond motifs is 2. The summed E-state index contributed by atoms with van der Waals surface area (Å²) in [5, 5.41) is 14.2. The molecule has 1 saturated carbocycles. The van der Waals surface area contributed by atoms with E-state index in [0.717, 1.165) is 12.8 Å². The van der Waals surface area contributed by atoms with E-state index in [1.165, 1.54) is 6.20 Å². The van der Waals surface area contributed by atoms with Crippen LogP contribution in [0.3, 0.4) is 0 Å². The van der Waals surface area contributed by atoms with E-state index < -0.39 is 16.6 Å². The molecule has 8 heteroatoms. The first-order valence-corrected chi connectivity index (χ1v) is 8.58. The molecule has 0 spiro atoms. The summed E-state index contributed by atoms with van der Waals surface area (Å²) in [6.45, 7) is 6.86. The van der Waals surface area contributed by atoms with E-state index in [9.17, 15) is 14.9 Å². The number of anilines is 1. The van der Waals surface area contributed by atoms with Crippen LogP contribution in [-0.4, -0.2) is 40.7 Å². The third-order valence-electron chi connectivity index (χ3n) is 4.80. The second kappa shape index (κ2) is 6.50. The molecule has 1 aromatic heterocycles. The molecule has 25 heavy (non-hydrogen) atoms. The first-order chi connectivity index (χ1) is 11.7. The second-order valence-corrected chi connectivity index (χ2v) is 7.78. The molecule has 2 bridgehead atoms. The largest absolute Gasteiger partial charge is 0.444 e. The van der Waals surface area contributed by atoms with Gasteiger partial charge in [0.05, 0.1) is 0 Å². The molecule has 136 valence electrons. The molecule has 0 radical (unpaired) electrons. The topological polar surface area (TPSA) is 97.6 Å². The van der Waals surface area contributed by atoms with Gasteiger partial charge >= 0.3 is 11.9 Å². The number of nitrogens with one attached hydrogen (secondary N) is 1. The molecule has 0 aromatic carbocycles. The number of ether oxygens (including phenoxy) is 1. The highest BCUT2D eigenvalue weighted by Crippen LogP contribution is 2.40. The Hall–Kier alpha value is -2.38. The lowest BCUT2D eigenvalue weighted by Crippen LogP contribution is -2.53. The number of carbonyl (C=O) groups excluding carboxylic acids is 1. The molecule has 1 amide bonds. The quantitative estimate of drug-likeness (QED) is 0.666. The number of amides is 1. The van der Waals surface area contributed by atoms with Crippen molar-refractivity contribution in [1.29, 1.82) is 0 Å². The van der Waals surface area contributed by atoms with Crippen molar-refractivity contribution < 1.29 is 14.5 Å². The van der Waals surface area contributed by atoms with Crippen molar-refractivity contribution in [3.63, 3.8) is 0 Å². The van der Waals surface area contributed by atoms with E-state index in [0.29, 0.717) is 18.8 Å². The number of piperidine rings is 1. The van der Waals surface area contributed by atoms with Crippen LogP contribution < -0.4 is 10.2 Å². The Labute approximate surface area is 146 Å². The Morgan fingerprint density at radius 3 is 2.56 bits per heavy atom. The van der Waals surface area contributed by atoms with Crippen LogP contribution in [-0.2, 0) is 4.74 Å². The van der Waals surface area contributed by atoms with Gasteiger partial charge in [0.2, 0.25) is 0 Å². The van der Waals surface area contributed by atoms with Gasteiger partial charge in [-0.25, -0.2) is 4.79 Å². The monoisotopic (exact) mass is 348 g/mol. The van der Waals surface area contributed by atoms with Crippen LogP contribution in [0.1, 0.15) is 33.6 Å². The van der Waals surface area contributed by atoms with Gasteiger partial charge in [-0.05, 0) is 67.5 Å². The van der Waals surface area contributed by atoms with Gasteiger partial charge in [-0.2, -0.15) is 0 Å². The lowest BCUT2D eigenvalue weighted by Gasteiger charge is -2.39. The number of nitrogens with zero attached hydrogens (tertiary/aromatic N) is 3. The summed E-state index contributed by atoms with van der Waals surface area (Å²) in [5.41, 5.74) is 0.0280. The van der Waals surface area contributed by atoms with Crippen LogP contribution in [0, 0.1) is 22.0 Å². The fraction of sp³-hybridized carbons (Fsp3) is 0.647. The number of nitro groups is 1. The summed E-state index contributed by atoms with van der Waals surface area (Å²) in [6.07, 6.45) is 3.04. The zero-order valence-corrected chi connectivity index (χ0v) is 14.8. The second-order valence-electron chi connectivity index (χ2n) is 7.78. The molecule has 1 aromatic rings. The highest BCUT2D eigenvalue weighted by molar-refractivity contribution is 5.68.